The van der Waals surface area contributed by atoms with E-state index in [2.05, 4.69) is 28.7 Å². The van der Waals surface area contributed by atoms with Crippen LogP contribution in [0, 0.1) is 0 Å². The van der Waals surface area contributed by atoms with Crippen molar-refractivity contribution < 1.29 is 4.79 Å². The molecular formula is C19H16N2O. The Balaban J connectivity index is 1.86. The first-order chi connectivity index (χ1) is 10.8. The SMILES string of the molecule is CC(=NNC(=O)c1ccccc1)c1cccc2ccccc12. The van der Waals surface area contributed by atoms with E-state index in [9.17, 15) is 4.79 Å². The second-order valence-corrected chi connectivity index (χ2v) is 5.03. The van der Waals surface area contributed by atoms with Gasteiger partial charge in [-0.25, -0.2) is 5.43 Å². The molecule has 0 radical (unpaired) electrons. The van der Waals surface area contributed by atoms with Gasteiger partial charge in [0.1, 0.15) is 0 Å². The molecule has 0 bridgehead atoms. The lowest BCUT2D eigenvalue weighted by molar-refractivity contribution is 0.0955. The van der Waals surface area contributed by atoms with E-state index >= 15 is 0 Å². The summed E-state index contributed by atoms with van der Waals surface area (Å²) >= 11 is 0. The maximum atomic E-state index is 12.0. The minimum Gasteiger partial charge on any atom is -0.267 e. The van der Waals surface area contributed by atoms with Gasteiger partial charge in [-0.15, -0.1) is 0 Å². The molecule has 0 aliphatic carbocycles. The molecule has 0 aromatic heterocycles. The molecular weight excluding hydrogens is 272 g/mol. The standard InChI is InChI=1S/C19H16N2O/c1-14(20-21-19(22)16-9-3-2-4-10-16)17-13-7-11-15-8-5-6-12-18(15)17/h2-13H,1H3,(H,21,22). The van der Waals surface area contributed by atoms with Gasteiger partial charge in [-0.3, -0.25) is 4.79 Å². The Bertz CT molecular complexity index is 833. The van der Waals surface area contributed by atoms with E-state index in [-0.39, 0.29) is 5.91 Å². The van der Waals surface area contributed by atoms with Crippen molar-refractivity contribution >= 4 is 22.4 Å². The molecule has 22 heavy (non-hydrogen) atoms. The quantitative estimate of drug-likeness (QED) is 0.574. The summed E-state index contributed by atoms with van der Waals surface area (Å²) in [4.78, 5) is 12.0. The van der Waals surface area contributed by atoms with Crippen molar-refractivity contribution in [2.75, 3.05) is 0 Å². The van der Waals surface area contributed by atoms with Crippen LogP contribution in [0.25, 0.3) is 10.8 Å². The Morgan fingerprint density at radius 1 is 0.864 bits per heavy atom. The molecule has 0 saturated heterocycles. The van der Waals surface area contributed by atoms with Crippen molar-refractivity contribution in [3.63, 3.8) is 0 Å². The molecule has 0 heterocycles. The molecule has 0 atom stereocenters. The molecule has 0 unspecified atom stereocenters. The van der Waals surface area contributed by atoms with Gasteiger partial charge in [0.15, 0.2) is 0 Å². The minimum absolute atomic E-state index is 0.208. The third kappa shape index (κ3) is 2.88. The zero-order valence-corrected chi connectivity index (χ0v) is 12.3. The van der Waals surface area contributed by atoms with Crippen LogP contribution >= 0.6 is 0 Å². The number of carbonyl (C=O) groups excluding carboxylic acids is 1. The van der Waals surface area contributed by atoms with Crippen molar-refractivity contribution in [2.24, 2.45) is 5.10 Å². The van der Waals surface area contributed by atoms with Crippen molar-refractivity contribution in [1.82, 2.24) is 5.43 Å². The normalized spacial score (nSPS) is 11.4. The highest BCUT2D eigenvalue weighted by Gasteiger charge is 2.06. The Labute approximate surface area is 129 Å². The number of carbonyl (C=O) groups is 1. The largest absolute Gasteiger partial charge is 0.271 e. The predicted octanol–water partition coefficient (Wildman–Crippen LogP) is 3.99. The molecule has 108 valence electrons. The summed E-state index contributed by atoms with van der Waals surface area (Å²) < 4.78 is 0. The van der Waals surface area contributed by atoms with E-state index in [0.29, 0.717) is 5.56 Å². The summed E-state index contributed by atoms with van der Waals surface area (Å²) in [6.45, 7) is 1.90. The van der Waals surface area contributed by atoms with Crippen molar-refractivity contribution in [1.29, 1.82) is 0 Å². The number of hydrogen-bond donors (Lipinski definition) is 1. The summed E-state index contributed by atoms with van der Waals surface area (Å²) in [5.41, 5.74) is 5.00. The zero-order chi connectivity index (χ0) is 15.4. The monoisotopic (exact) mass is 288 g/mol. The van der Waals surface area contributed by atoms with Crippen molar-refractivity contribution in [3.05, 3.63) is 83.9 Å². The number of benzene rings is 3. The topological polar surface area (TPSA) is 41.5 Å². The third-order valence-electron chi connectivity index (χ3n) is 3.54. The number of nitrogens with zero attached hydrogens (tertiary/aromatic N) is 1. The second kappa shape index (κ2) is 6.22. The average Bonchev–Trinajstić information content (AvgIpc) is 2.59. The van der Waals surface area contributed by atoms with Gasteiger partial charge < -0.3 is 0 Å². The van der Waals surface area contributed by atoms with Crippen LogP contribution in [-0.2, 0) is 0 Å². The van der Waals surface area contributed by atoms with Gasteiger partial charge in [0.2, 0.25) is 0 Å². The first kappa shape index (κ1) is 14.0. The molecule has 0 fully saturated rings. The molecule has 3 aromatic carbocycles. The first-order valence-electron chi connectivity index (χ1n) is 7.13. The molecule has 0 spiro atoms. The van der Waals surface area contributed by atoms with Gasteiger partial charge in [-0.05, 0) is 29.8 Å². The van der Waals surface area contributed by atoms with E-state index in [1.54, 1.807) is 12.1 Å². The molecule has 0 aliphatic rings. The summed E-state index contributed by atoms with van der Waals surface area (Å²) in [5.74, 6) is -0.208. The van der Waals surface area contributed by atoms with Gasteiger partial charge in [0, 0.05) is 11.1 Å². The third-order valence-corrected chi connectivity index (χ3v) is 3.54. The van der Waals surface area contributed by atoms with Crippen LogP contribution in [0.4, 0.5) is 0 Å². The summed E-state index contributed by atoms with van der Waals surface area (Å²) in [5, 5.41) is 6.52. The maximum absolute atomic E-state index is 12.0. The summed E-state index contributed by atoms with van der Waals surface area (Å²) in [7, 11) is 0. The lowest BCUT2D eigenvalue weighted by Gasteiger charge is -2.06. The fourth-order valence-electron chi connectivity index (χ4n) is 2.39. The molecule has 3 aromatic rings. The Kier molecular flexibility index (Phi) is 3.97. The molecule has 3 rings (SSSR count). The Morgan fingerprint density at radius 2 is 1.55 bits per heavy atom. The van der Waals surface area contributed by atoms with Gasteiger partial charge in [0.05, 0.1) is 5.71 Å². The van der Waals surface area contributed by atoms with Crippen LogP contribution in [-0.4, -0.2) is 11.6 Å². The molecule has 3 nitrogen and oxygen atoms in total. The lowest BCUT2D eigenvalue weighted by atomic mass is 10.0. The van der Waals surface area contributed by atoms with E-state index in [0.717, 1.165) is 22.0 Å². The average molecular weight is 288 g/mol. The van der Waals surface area contributed by atoms with Crippen LogP contribution in [0.2, 0.25) is 0 Å². The zero-order valence-electron chi connectivity index (χ0n) is 12.3. The number of fused-ring (bicyclic) bond motifs is 1. The fourth-order valence-corrected chi connectivity index (χ4v) is 2.39. The van der Waals surface area contributed by atoms with Crippen LogP contribution in [0.15, 0.2) is 77.9 Å². The number of amides is 1. The van der Waals surface area contributed by atoms with Gasteiger partial charge >= 0.3 is 0 Å². The fraction of sp³-hybridized carbons (Fsp3) is 0.0526. The minimum atomic E-state index is -0.208. The maximum Gasteiger partial charge on any atom is 0.271 e. The first-order valence-corrected chi connectivity index (χ1v) is 7.13. The van der Waals surface area contributed by atoms with Crippen LogP contribution in [0.5, 0.6) is 0 Å². The highest BCUT2D eigenvalue weighted by molar-refractivity contribution is 6.10. The molecule has 3 heteroatoms. The number of hydrazone groups is 1. The van der Waals surface area contributed by atoms with Crippen LogP contribution in [0.3, 0.4) is 0 Å². The van der Waals surface area contributed by atoms with Crippen molar-refractivity contribution in [3.8, 4) is 0 Å². The molecule has 1 N–H and O–H groups in total. The summed E-state index contributed by atoms with van der Waals surface area (Å²) in [6, 6.07) is 23.3. The van der Waals surface area contributed by atoms with E-state index < -0.39 is 0 Å². The smallest absolute Gasteiger partial charge is 0.267 e. The molecule has 0 saturated carbocycles. The predicted molar refractivity (Wildman–Crippen MR) is 90.1 cm³/mol. The second-order valence-electron chi connectivity index (χ2n) is 5.03. The number of nitrogens with one attached hydrogen (secondary N) is 1. The Morgan fingerprint density at radius 3 is 2.36 bits per heavy atom. The molecule has 0 aliphatic heterocycles. The van der Waals surface area contributed by atoms with Gasteiger partial charge in [0.25, 0.3) is 5.91 Å². The Hall–Kier alpha value is -2.94. The summed E-state index contributed by atoms with van der Waals surface area (Å²) in [6.07, 6.45) is 0. The lowest BCUT2D eigenvalue weighted by Crippen LogP contribution is -2.19. The van der Waals surface area contributed by atoms with Gasteiger partial charge in [-0.1, -0.05) is 60.7 Å². The number of rotatable bonds is 3. The van der Waals surface area contributed by atoms with Crippen LogP contribution in [0.1, 0.15) is 22.8 Å². The highest BCUT2D eigenvalue weighted by atomic mass is 16.2. The molecule has 1 amide bonds. The highest BCUT2D eigenvalue weighted by Crippen LogP contribution is 2.19. The van der Waals surface area contributed by atoms with Crippen molar-refractivity contribution in [2.45, 2.75) is 6.92 Å². The van der Waals surface area contributed by atoms with Gasteiger partial charge in [-0.2, -0.15) is 5.10 Å². The van der Waals surface area contributed by atoms with E-state index in [1.165, 1.54) is 0 Å². The van der Waals surface area contributed by atoms with E-state index in [4.69, 9.17) is 0 Å². The van der Waals surface area contributed by atoms with E-state index in [1.807, 2.05) is 49.4 Å². The number of hydrogen-bond acceptors (Lipinski definition) is 2. The van der Waals surface area contributed by atoms with Crippen LogP contribution < -0.4 is 5.43 Å².